The molecule has 2 aliphatic rings. The highest BCUT2D eigenvalue weighted by Gasteiger charge is 2.31. The first-order valence-corrected chi connectivity index (χ1v) is 9.07. The fourth-order valence-electron chi connectivity index (χ4n) is 4.16. The molecule has 0 bridgehead atoms. The van der Waals surface area contributed by atoms with Crippen molar-refractivity contribution in [1.82, 2.24) is 19.8 Å². The minimum absolute atomic E-state index is 0. The van der Waals surface area contributed by atoms with E-state index in [-0.39, 0.29) is 30.4 Å². The molecule has 6 nitrogen and oxygen atoms in total. The molecule has 1 N–H and O–H groups in total. The zero-order valence-electron chi connectivity index (χ0n) is 15.0. The van der Waals surface area contributed by atoms with Crippen molar-refractivity contribution in [3.8, 4) is 0 Å². The number of fused-ring (bicyclic) bond motifs is 2. The number of hydrogen-bond donors (Lipinski definition) is 1. The van der Waals surface area contributed by atoms with E-state index in [9.17, 15) is 9.59 Å². The summed E-state index contributed by atoms with van der Waals surface area (Å²) in [5.41, 5.74) is 1.55. The van der Waals surface area contributed by atoms with Crippen LogP contribution >= 0.6 is 12.4 Å². The molecule has 0 radical (unpaired) electrons. The van der Waals surface area contributed by atoms with E-state index in [0.717, 1.165) is 44.6 Å². The van der Waals surface area contributed by atoms with Crippen LogP contribution in [0.1, 0.15) is 18.4 Å². The van der Waals surface area contributed by atoms with Crippen LogP contribution in [-0.4, -0.2) is 46.5 Å². The third kappa shape index (κ3) is 3.48. The molecule has 2 atom stereocenters. The zero-order chi connectivity index (χ0) is 17.4. The Morgan fingerprint density at radius 1 is 1.23 bits per heavy atom. The summed E-state index contributed by atoms with van der Waals surface area (Å²) in [6, 6.07) is 5.57. The highest BCUT2D eigenvalue weighted by Crippen LogP contribution is 2.27. The Morgan fingerprint density at radius 3 is 2.62 bits per heavy atom. The average Bonchev–Trinajstić information content (AvgIpc) is 2.96. The van der Waals surface area contributed by atoms with Crippen LogP contribution in [0, 0.1) is 18.8 Å². The van der Waals surface area contributed by atoms with Gasteiger partial charge < -0.3 is 10.2 Å². The highest BCUT2D eigenvalue weighted by molar-refractivity contribution is 5.85. The van der Waals surface area contributed by atoms with Crippen LogP contribution in [0.2, 0.25) is 0 Å². The van der Waals surface area contributed by atoms with Gasteiger partial charge in [0.1, 0.15) is 6.54 Å². The number of aryl methyl sites for hydroxylation is 1. The summed E-state index contributed by atoms with van der Waals surface area (Å²) in [5, 5.41) is 4.02. The first-order chi connectivity index (χ1) is 12.1. The van der Waals surface area contributed by atoms with Crippen molar-refractivity contribution in [2.45, 2.75) is 26.3 Å². The summed E-state index contributed by atoms with van der Waals surface area (Å²) in [5.74, 6) is 1.39. The summed E-state index contributed by atoms with van der Waals surface area (Å²) in [4.78, 5) is 31.7. The number of para-hydroxylation sites is 1. The van der Waals surface area contributed by atoms with Gasteiger partial charge in [-0.2, -0.15) is 0 Å². The van der Waals surface area contributed by atoms with Crippen LogP contribution in [0.3, 0.4) is 0 Å². The Hall–Kier alpha value is -1.92. The molecule has 0 unspecified atom stereocenters. The lowest BCUT2D eigenvalue weighted by Crippen LogP contribution is -2.37. The normalized spacial score (nSPS) is 22.6. The van der Waals surface area contributed by atoms with Gasteiger partial charge in [-0.3, -0.25) is 14.2 Å². The summed E-state index contributed by atoms with van der Waals surface area (Å²) >= 11 is 0. The van der Waals surface area contributed by atoms with Gasteiger partial charge in [-0.05, 0) is 56.3 Å². The Bertz CT molecular complexity index is 852. The second kappa shape index (κ2) is 7.76. The van der Waals surface area contributed by atoms with Gasteiger partial charge in [0.05, 0.1) is 17.2 Å². The summed E-state index contributed by atoms with van der Waals surface area (Å²) in [6.07, 6.45) is 3.60. The van der Waals surface area contributed by atoms with Gasteiger partial charge >= 0.3 is 0 Å². The predicted octanol–water partition coefficient (Wildman–Crippen LogP) is 1.58. The third-order valence-corrected chi connectivity index (χ3v) is 5.73. The van der Waals surface area contributed by atoms with E-state index in [4.69, 9.17) is 0 Å². The minimum Gasteiger partial charge on any atom is -0.341 e. The van der Waals surface area contributed by atoms with Gasteiger partial charge in [-0.15, -0.1) is 12.4 Å². The van der Waals surface area contributed by atoms with E-state index in [1.807, 2.05) is 24.0 Å². The molecule has 2 saturated heterocycles. The van der Waals surface area contributed by atoms with Crippen molar-refractivity contribution in [3.05, 3.63) is 40.4 Å². The molecule has 1 amide bonds. The summed E-state index contributed by atoms with van der Waals surface area (Å²) < 4.78 is 1.44. The van der Waals surface area contributed by atoms with Crippen LogP contribution < -0.4 is 10.9 Å². The van der Waals surface area contributed by atoms with Crippen LogP contribution in [-0.2, 0) is 11.3 Å². The molecule has 7 heteroatoms. The average molecular weight is 377 g/mol. The Morgan fingerprint density at radius 2 is 1.92 bits per heavy atom. The molecule has 4 rings (SSSR count). The number of carbonyl (C=O) groups is 1. The van der Waals surface area contributed by atoms with E-state index in [2.05, 4.69) is 10.3 Å². The summed E-state index contributed by atoms with van der Waals surface area (Å²) in [7, 11) is 0. The number of hydrogen-bond acceptors (Lipinski definition) is 4. The Kier molecular flexibility index (Phi) is 5.63. The van der Waals surface area contributed by atoms with Crippen molar-refractivity contribution in [3.63, 3.8) is 0 Å². The molecule has 0 spiro atoms. The molecule has 1 aromatic heterocycles. The van der Waals surface area contributed by atoms with Gasteiger partial charge in [0, 0.05) is 13.1 Å². The van der Waals surface area contributed by atoms with E-state index in [1.165, 1.54) is 10.9 Å². The molecular formula is C19H25ClN4O2. The van der Waals surface area contributed by atoms with Gasteiger partial charge in [-0.25, -0.2) is 4.98 Å². The molecule has 140 valence electrons. The quantitative estimate of drug-likeness (QED) is 0.864. The molecule has 2 aromatic rings. The number of likely N-dealkylation sites (tertiary alicyclic amines) is 1. The first-order valence-electron chi connectivity index (χ1n) is 9.07. The SMILES string of the molecule is Cc1cccc2c(=O)n(CC(=O)N3CC[C@@H]4CNC[C@@H]4CC3)cnc12.Cl. The second-order valence-electron chi connectivity index (χ2n) is 7.29. The molecule has 1 aromatic carbocycles. The van der Waals surface area contributed by atoms with Gasteiger partial charge in [0.15, 0.2) is 0 Å². The lowest BCUT2D eigenvalue weighted by Gasteiger charge is -2.21. The minimum atomic E-state index is -0.141. The van der Waals surface area contributed by atoms with Crippen LogP contribution in [0.5, 0.6) is 0 Å². The van der Waals surface area contributed by atoms with Crippen molar-refractivity contribution < 1.29 is 4.79 Å². The molecule has 2 aliphatic heterocycles. The topological polar surface area (TPSA) is 67.2 Å². The largest absolute Gasteiger partial charge is 0.341 e. The maximum atomic E-state index is 12.7. The smallest absolute Gasteiger partial charge is 0.261 e. The van der Waals surface area contributed by atoms with Gasteiger partial charge in [0.25, 0.3) is 5.56 Å². The zero-order valence-corrected chi connectivity index (χ0v) is 15.8. The molecule has 0 saturated carbocycles. The molecule has 2 fully saturated rings. The standard InChI is InChI=1S/C19H24N4O2.ClH/c1-13-3-2-4-16-18(13)21-12-23(19(16)25)11-17(24)22-7-5-14-9-20-10-15(14)6-8-22;/h2-4,12,14-15,20H,5-11H2,1H3;1H/t14-,15+;. The monoisotopic (exact) mass is 376 g/mol. The van der Waals surface area contributed by atoms with Crippen molar-refractivity contribution in [1.29, 1.82) is 0 Å². The highest BCUT2D eigenvalue weighted by atomic mass is 35.5. The molecule has 0 aliphatic carbocycles. The fraction of sp³-hybridized carbons (Fsp3) is 0.526. The lowest BCUT2D eigenvalue weighted by molar-refractivity contribution is -0.131. The molecule has 26 heavy (non-hydrogen) atoms. The van der Waals surface area contributed by atoms with E-state index in [1.54, 1.807) is 6.07 Å². The van der Waals surface area contributed by atoms with Crippen LogP contribution in [0.25, 0.3) is 10.9 Å². The van der Waals surface area contributed by atoms with Crippen LogP contribution in [0.15, 0.2) is 29.3 Å². The number of aromatic nitrogens is 2. The van der Waals surface area contributed by atoms with Gasteiger partial charge in [0.2, 0.25) is 5.91 Å². The number of amides is 1. The Labute approximate surface area is 159 Å². The second-order valence-corrected chi connectivity index (χ2v) is 7.29. The number of carbonyl (C=O) groups excluding carboxylic acids is 1. The van der Waals surface area contributed by atoms with Crippen LogP contribution in [0.4, 0.5) is 0 Å². The fourth-order valence-corrected chi connectivity index (χ4v) is 4.16. The summed E-state index contributed by atoms with van der Waals surface area (Å²) in [6.45, 7) is 5.73. The third-order valence-electron chi connectivity index (χ3n) is 5.73. The number of halogens is 1. The van der Waals surface area contributed by atoms with E-state index >= 15 is 0 Å². The lowest BCUT2D eigenvalue weighted by atomic mass is 9.92. The van der Waals surface area contributed by atoms with Crippen molar-refractivity contribution >= 4 is 29.2 Å². The van der Waals surface area contributed by atoms with Crippen molar-refractivity contribution in [2.75, 3.05) is 26.2 Å². The number of benzene rings is 1. The maximum absolute atomic E-state index is 12.7. The van der Waals surface area contributed by atoms with E-state index in [0.29, 0.717) is 22.7 Å². The predicted molar refractivity (Wildman–Crippen MR) is 104 cm³/mol. The Balaban J connectivity index is 0.00000196. The van der Waals surface area contributed by atoms with Crippen molar-refractivity contribution in [2.24, 2.45) is 11.8 Å². The van der Waals surface area contributed by atoms with E-state index < -0.39 is 0 Å². The van der Waals surface area contributed by atoms with Gasteiger partial charge in [-0.1, -0.05) is 12.1 Å². The molecular weight excluding hydrogens is 352 g/mol. The number of nitrogens with zero attached hydrogens (tertiary/aromatic N) is 3. The first kappa shape index (κ1) is 18.9. The maximum Gasteiger partial charge on any atom is 0.261 e. The number of rotatable bonds is 2. The number of nitrogens with one attached hydrogen (secondary N) is 1. The molecule has 3 heterocycles.